The van der Waals surface area contributed by atoms with E-state index in [-0.39, 0.29) is 0 Å². The predicted molar refractivity (Wildman–Crippen MR) is 261 cm³/mol. The van der Waals surface area contributed by atoms with Crippen molar-refractivity contribution in [3.8, 4) is 11.1 Å². The van der Waals surface area contributed by atoms with Crippen molar-refractivity contribution in [1.82, 2.24) is 0 Å². The zero-order valence-corrected chi connectivity index (χ0v) is 38.2. The van der Waals surface area contributed by atoms with E-state index < -0.39 is 15.8 Å². The Balaban J connectivity index is 1.57. The average Bonchev–Trinajstić information content (AvgIpc) is 3.20. The lowest BCUT2D eigenvalue weighted by molar-refractivity contribution is 1.27. The fourth-order valence-electron chi connectivity index (χ4n) is 8.84. The highest BCUT2D eigenvalue weighted by Gasteiger charge is 2.30. The van der Waals surface area contributed by atoms with E-state index in [1.54, 1.807) is 0 Å². The molecule has 8 rings (SSSR count). The molecule has 0 unspecified atom stereocenters. The standard InChI is InChI=1S/C56H56P2/c1-33-25-47(26-34(2)41(33)9)57(48-27-35(3)42(10)36(4)28-48)53-23-21-45-17-13-15-19-51(45)55(53)56-52-20-16-14-18-46(52)22-24-54(56)58(49-29-37(5)43(11)38(6)30-49)50-31-39(7)44(12)40(8)32-50/h13-32H,1-12H3. The molecule has 0 saturated carbocycles. The molecule has 0 aliphatic rings. The SMILES string of the molecule is Cc1cc(P(c2cc(C)c(C)c(C)c2)c2ccc3ccccc3c2-c2c(P(c3cc(C)c(C)c(C)c3)c3cc(C)c(C)c(C)c3)ccc3ccccc23)cc(C)c1C. The molecule has 0 nitrogen and oxygen atoms in total. The summed E-state index contributed by atoms with van der Waals surface area (Å²) in [5, 5.41) is 13.6. The molecule has 58 heavy (non-hydrogen) atoms. The number of hydrogen-bond donors (Lipinski definition) is 0. The topological polar surface area (TPSA) is 0 Å². The maximum atomic E-state index is 2.49. The molecule has 0 N–H and O–H groups in total. The fraction of sp³-hybridized carbons (Fsp3) is 0.214. The maximum Gasteiger partial charge on any atom is -0.000884 e. The Morgan fingerprint density at radius 1 is 0.276 bits per heavy atom. The summed E-state index contributed by atoms with van der Waals surface area (Å²) >= 11 is 0. The Labute approximate surface area is 349 Å². The Bertz CT molecular complexity index is 2520. The number of hydrogen-bond acceptors (Lipinski definition) is 0. The molecule has 0 aliphatic heterocycles. The van der Waals surface area contributed by atoms with Crippen LogP contribution in [-0.2, 0) is 0 Å². The van der Waals surface area contributed by atoms with Gasteiger partial charge in [-0.2, -0.15) is 0 Å². The van der Waals surface area contributed by atoms with Crippen LogP contribution in [0.15, 0.2) is 121 Å². The summed E-state index contributed by atoms with van der Waals surface area (Å²) in [4.78, 5) is 0. The Hall–Kier alpha value is -4.86. The summed E-state index contributed by atoms with van der Waals surface area (Å²) < 4.78 is 0. The lowest BCUT2D eigenvalue weighted by atomic mass is 9.93. The predicted octanol–water partition coefficient (Wildman–Crippen LogP) is 12.9. The van der Waals surface area contributed by atoms with Crippen molar-refractivity contribution < 1.29 is 0 Å². The van der Waals surface area contributed by atoms with Crippen LogP contribution in [0.25, 0.3) is 32.7 Å². The molecule has 0 bridgehead atoms. The molecule has 8 aromatic rings. The van der Waals surface area contributed by atoms with Gasteiger partial charge < -0.3 is 0 Å². The smallest absolute Gasteiger partial charge is 0.000884 e. The molecule has 2 heteroatoms. The molecule has 0 amide bonds. The van der Waals surface area contributed by atoms with Crippen LogP contribution < -0.4 is 31.8 Å². The summed E-state index contributed by atoms with van der Waals surface area (Å²) in [5.74, 6) is 0. The zero-order chi connectivity index (χ0) is 41.2. The molecule has 0 aromatic heterocycles. The summed E-state index contributed by atoms with van der Waals surface area (Å²) in [5.41, 5.74) is 19.1. The second kappa shape index (κ2) is 15.7. The highest BCUT2D eigenvalue weighted by molar-refractivity contribution is 7.81. The van der Waals surface area contributed by atoms with Crippen LogP contribution >= 0.6 is 15.8 Å². The van der Waals surface area contributed by atoms with E-state index in [1.165, 1.54) is 131 Å². The van der Waals surface area contributed by atoms with Gasteiger partial charge in [-0.25, -0.2) is 0 Å². The second-order valence-electron chi connectivity index (χ2n) is 16.9. The van der Waals surface area contributed by atoms with E-state index in [9.17, 15) is 0 Å². The van der Waals surface area contributed by atoms with Crippen LogP contribution in [0.1, 0.15) is 66.8 Å². The van der Waals surface area contributed by atoms with Crippen molar-refractivity contribution >= 4 is 69.2 Å². The molecule has 290 valence electrons. The van der Waals surface area contributed by atoms with Gasteiger partial charge in [0.1, 0.15) is 0 Å². The molecule has 0 atom stereocenters. The highest BCUT2D eigenvalue weighted by atomic mass is 31.1. The molecular weight excluding hydrogens is 735 g/mol. The molecule has 0 aliphatic carbocycles. The molecular formula is C56H56P2. The van der Waals surface area contributed by atoms with Gasteiger partial charge in [-0.3, -0.25) is 0 Å². The van der Waals surface area contributed by atoms with Crippen molar-refractivity contribution in [2.75, 3.05) is 0 Å². The van der Waals surface area contributed by atoms with E-state index in [0.717, 1.165) is 0 Å². The molecule has 0 saturated heterocycles. The van der Waals surface area contributed by atoms with Crippen LogP contribution in [0, 0.1) is 83.1 Å². The van der Waals surface area contributed by atoms with Crippen LogP contribution in [0.2, 0.25) is 0 Å². The van der Waals surface area contributed by atoms with Gasteiger partial charge in [0.25, 0.3) is 0 Å². The Kier molecular flexibility index (Phi) is 10.8. The number of aryl methyl sites for hydroxylation is 8. The first-order chi connectivity index (χ1) is 27.7. The maximum absolute atomic E-state index is 2.49. The van der Waals surface area contributed by atoms with Gasteiger partial charge in [0.2, 0.25) is 0 Å². The third-order valence-corrected chi connectivity index (χ3v) is 18.0. The van der Waals surface area contributed by atoms with Gasteiger partial charge >= 0.3 is 0 Å². The Morgan fingerprint density at radius 2 is 0.517 bits per heavy atom. The number of fused-ring (bicyclic) bond motifs is 2. The summed E-state index contributed by atoms with van der Waals surface area (Å²) in [6.07, 6.45) is 0. The molecule has 0 radical (unpaired) electrons. The van der Waals surface area contributed by atoms with Crippen molar-refractivity contribution in [1.29, 1.82) is 0 Å². The second-order valence-corrected chi connectivity index (χ2v) is 21.2. The van der Waals surface area contributed by atoms with Gasteiger partial charge in [-0.05, 0) is 230 Å². The van der Waals surface area contributed by atoms with E-state index in [0.29, 0.717) is 0 Å². The monoisotopic (exact) mass is 790 g/mol. The van der Waals surface area contributed by atoms with Crippen LogP contribution in [-0.4, -0.2) is 0 Å². The number of benzene rings is 8. The fourth-order valence-corrected chi connectivity index (χ4v) is 14.5. The van der Waals surface area contributed by atoms with E-state index in [2.05, 4.69) is 204 Å². The van der Waals surface area contributed by atoms with Crippen LogP contribution in [0.5, 0.6) is 0 Å². The van der Waals surface area contributed by atoms with Crippen LogP contribution in [0.3, 0.4) is 0 Å². The number of rotatable bonds is 7. The van der Waals surface area contributed by atoms with Crippen LogP contribution in [0.4, 0.5) is 0 Å². The minimum atomic E-state index is -0.971. The van der Waals surface area contributed by atoms with Gasteiger partial charge in [-0.1, -0.05) is 121 Å². The van der Waals surface area contributed by atoms with Crippen molar-refractivity contribution in [3.63, 3.8) is 0 Å². The molecule has 0 heterocycles. The summed E-state index contributed by atoms with van der Waals surface area (Å²) in [6, 6.07) is 47.9. The van der Waals surface area contributed by atoms with Gasteiger partial charge in [-0.15, -0.1) is 0 Å². The minimum absolute atomic E-state index is 0.971. The Morgan fingerprint density at radius 3 is 0.776 bits per heavy atom. The first-order valence-electron chi connectivity index (χ1n) is 20.7. The van der Waals surface area contributed by atoms with E-state index in [1.807, 2.05) is 0 Å². The average molecular weight is 791 g/mol. The molecule has 0 fully saturated rings. The lowest BCUT2D eigenvalue weighted by Crippen LogP contribution is -2.27. The van der Waals surface area contributed by atoms with Gasteiger partial charge in [0, 0.05) is 0 Å². The third-order valence-electron chi connectivity index (χ3n) is 13.2. The van der Waals surface area contributed by atoms with Gasteiger partial charge in [0.15, 0.2) is 0 Å². The first kappa shape index (κ1) is 39.9. The molecule has 0 spiro atoms. The van der Waals surface area contributed by atoms with E-state index in [4.69, 9.17) is 0 Å². The van der Waals surface area contributed by atoms with Crippen molar-refractivity contribution in [2.45, 2.75) is 83.1 Å². The van der Waals surface area contributed by atoms with Crippen molar-refractivity contribution in [2.24, 2.45) is 0 Å². The highest BCUT2D eigenvalue weighted by Crippen LogP contribution is 2.47. The minimum Gasteiger partial charge on any atom is -0.0616 e. The normalized spacial score (nSPS) is 11.8. The van der Waals surface area contributed by atoms with Crippen molar-refractivity contribution in [3.05, 3.63) is 188 Å². The third kappa shape index (κ3) is 7.04. The first-order valence-corrected chi connectivity index (χ1v) is 23.4. The largest absolute Gasteiger partial charge is 0.0616 e. The van der Waals surface area contributed by atoms with E-state index >= 15 is 0 Å². The lowest BCUT2D eigenvalue weighted by Gasteiger charge is -2.30. The summed E-state index contributed by atoms with van der Waals surface area (Å²) in [7, 11) is -1.94. The summed E-state index contributed by atoms with van der Waals surface area (Å²) in [6.45, 7) is 27.4. The van der Waals surface area contributed by atoms with Gasteiger partial charge in [0.05, 0.1) is 0 Å². The quantitative estimate of drug-likeness (QED) is 0.141. The zero-order valence-electron chi connectivity index (χ0n) is 36.4. The molecule has 8 aromatic carbocycles.